The van der Waals surface area contributed by atoms with E-state index in [9.17, 15) is 0 Å². The van der Waals surface area contributed by atoms with Gasteiger partial charge in [-0.05, 0) is 23.8 Å². The Labute approximate surface area is 98.5 Å². The number of hydrogen-bond acceptors (Lipinski definition) is 5. The summed E-state index contributed by atoms with van der Waals surface area (Å²) in [7, 11) is 0. The summed E-state index contributed by atoms with van der Waals surface area (Å²) in [5.74, 6) is 0.815. The molecule has 1 unspecified atom stereocenters. The van der Waals surface area contributed by atoms with Crippen molar-refractivity contribution in [1.82, 2.24) is 0 Å². The predicted molar refractivity (Wildman–Crippen MR) is 60.7 cm³/mol. The van der Waals surface area contributed by atoms with Gasteiger partial charge in [0.05, 0.1) is 11.6 Å². The zero-order valence-corrected chi connectivity index (χ0v) is 9.14. The average Bonchev–Trinajstić information content (AvgIpc) is 2.69. The third kappa shape index (κ3) is 1.58. The van der Waals surface area contributed by atoms with Crippen LogP contribution in [0.2, 0.25) is 0 Å². The molecule has 1 atom stereocenters. The minimum absolute atomic E-state index is 0.216. The van der Waals surface area contributed by atoms with Gasteiger partial charge in [0.15, 0.2) is 0 Å². The SMILES string of the molecule is N#Cc1ccc2c(c1)CC1(COC(N)=N1)CO2. The minimum atomic E-state index is -0.412. The number of hydrogen-bond donors (Lipinski definition) is 1. The van der Waals surface area contributed by atoms with Crippen LogP contribution in [0, 0.1) is 11.3 Å². The van der Waals surface area contributed by atoms with Gasteiger partial charge in [-0.3, -0.25) is 0 Å². The molecule has 0 aliphatic carbocycles. The maximum atomic E-state index is 8.88. The number of ether oxygens (including phenoxy) is 2. The Kier molecular flexibility index (Phi) is 1.99. The molecule has 86 valence electrons. The fraction of sp³-hybridized carbons (Fsp3) is 0.333. The van der Waals surface area contributed by atoms with E-state index in [2.05, 4.69) is 11.1 Å². The Morgan fingerprint density at radius 1 is 1.35 bits per heavy atom. The molecule has 2 aliphatic heterocycles. The summed E-state index contributed by atoms with van der Waals surface area (Å²) in [5.41, 5.74) is 6.73. The van der Waals surface area contributed by atoms with Crippen molar-refractivity contribution in [2.24, 2.45) is 10.7 Å². The first-order valence-electron chi connectivity index (χ1n) is 5.35. The highest BCUT2D eigenvalue weighted by Gasteiger charge is 2.40. The van der Waals surface area contributed by atoms with Crippen LogP contribution in [-0.4, -0.2) is 24.8 Å². The molecule has 1 spiro atoms. The maximum absolute atomic E-state index is 8.88. The van der Waals surface area contributed by atoms with E-state index in [1.807, 2.05) is 12.1 Å². The molecule has 0 radical (unpaired) electrons. The summed E-state index contributed by atoms with van der Waals surface area (Å²) in [4.78, 5) is 4.30. The lowest BCUT2D eigenvalue weighted by atomic mass is 9.90. The molecule has 0 amide bonds. The van der Waals surface area contributed by atoms with Gasteiger partial charge in [-0.2, -0.15) is 5.26 Å². The van der Waals surface area contributed by atoms with Gasteiger partial charge in [0.25, 0.3) is 6.02 Å². The van der Waals surface area contributed by atoms with E-state index in [4.69, 9.17) is 20.5 Å². The van der Waals surface area contributed by atoms with Gasteiger partial charge in [0, 0.05) is 6.42 Å². The summed E-state index contributed by atoms with van der Waals surface area (Å²) < 4.78 is 10.9. The number of benzene rings is 1. The van der Waals surface area contributed by atoms with Crippen LogP contribution in [-0.2, 0) is 11.2 Å². The van der Waals surface area contributed by atoms with Crippen molar-refractivity contribution in [2.75, 3.05) is 13.2 Å². The molecule has 2 heterocycles. The highest BCUT2D eigenvalue weighted by Crippen LogP contribution is 2.34. The van der Waals surface area contributed by atoms with Crippen LogP contribution in [0.4, 0.5) is 0 Å². The van der Waals surface area contributed by atoms with Crippen LogP contribution in [0.15, 0.2) is 23.2 Å². The van der Waals surface area contributed by atoms with Crippen LogP contribution >= 0.6 is 0 Å². The molecule has 17 heavy (non-hydrogen) atoms. The highest BCUT2D eigenvalue weighted by molar-refractivity contribution is 5.74. The number of nitrogens with two attached hydrogens (primary N) is 1. The molecule has 5 heteroatoms. The van der Waals surface area contributed by atoms with Crippen LogP contribution in [0.25, 0.3) is 0 Å². The molecule has 3 rings (SSSR count). The van der Waals surface area contributed by atoms with Crippen LogP contribution in [0.3, 0.4) is 0 Å². The molecule has 0 aromatic heterocycles. The third-order valence-electron chi connectivity index (χ3n) is 3.04. The van der Waals surface area contributed by atoms with Crippen LogP contribution < -0.4 is 10.5 Å². The maximum Gasteiger partial charge on any atom is 0.282 e. The number of aliphatic imine (C=N–C) groups is 1. The second-order valence-corrected chi connectivity index (χ2v) is 4.36. The third-order valence-corrected chi connectivity index (χ3v) is 3.04. The Bertz CT molecular complexity index is 547. The normalized spacial score (nSPS) is 25.5. The molecule has 1 aromatic carbocycles. The quantitative estimate of drug-likeness (QED) is 0.705. The molecule has 0 saturated heterocycles. The summed E-state index contributed by atoms with van der Waals surface area (Å²) >= 11 is 0. The Morgan fingerprint density at radius 3 is 2.88 bits per heavy atom. The first kappa shape index (κ1) is 9.97. The smallest absolute Gasteiger partial charge is 0.282 e. The fourth-order valence-electron chi connectivity index (χ4n) is 2.22. The van der Waals surface area contributed by atoms with Crippen molar-refractivity contribution in [2.45, 2.75) is 12.0 Å². The van der Waals surface area contributed by atoms with Crippen molar-refractivity contribution >= 4 is 6.02 Å². The summed E-state index contributed by atoms with van der Waals surface area (Å²) in [5, 5.41) is 8.88. The van der Waals surface area contributed by atoms with Gasteiger partial charge in [-0.1, -0.05) is 0 Å². The summed E-state index contributed by atoms with van der Waals surface area (Å²) in [6.07, 6.45) is 0.693. The minimum Gasteiger partial charge on any atom is -0.491 e. The zero-order valence-electron chi connectivity index (χ0n) is 9.14. The predicted octanol–water partition coefficient (Wildman–Crippen LogP) is 0.577. The lowest BCUT2D eigenvalue weighted by Crippen LogP contribution is -2.41. The number of fused-ring (bicyclic) bond motifs is 1. The molecule has 2 N–H and O–H groups in total. The van der Waals surface area contributed by atoms with Crippen molar-refractivity contribution in [3.8, 4) is 11.8 Å². The monoisotopic (exact) mass is 229 g/mol. The van der Waals surface area contributed by atoms with E-state index in [0.717, 1.165) is 11.3 Å². The standard InChI is InChI=1S/C12H11N3O2/c13-5-8-1-2-10-9(3-8)4-12(6-16-10)7-17-11(14)15-12/h1-3H,4,6-7H2,(H2,14,15). The van der Waals surface area contributed by atoms with E-state index in [1.54, 1.807) is 6.07 Å². The van der Waals surface area contributed by atoms with E-state index < -0.39 is 5.54 Å². The first-order valence-corrected chi connectivity index (χ1v) is 5.35. The topological polar surface area (TPSA) is 80.6 Å². The second kappa shape index (κ2) is 3.39. The van der Waals surface area contributed by atoms with E-state index in [0.29, 0.717) is 25.2 Å². The average molecular weight is 229 g/mol. The zero-order chi connectivity index (χ0) is 11.9. The lowest BCUT2D eigenvalue weighted by Gasteiger charge is -2.30. The van der Waals surface area contributed by atoms with Crippen molar-refractivity contribution in [3.05, 3.63) is 29.3 Å². The van der Waals surface area contributed by atoms with Gasteiger partial charge >= 0.3 is 0 Å². The van der Waals surface area contributed by atoms with E-state index in [-0.39, 0.29) is 6.02 Å². The molecule has 0 fully saturated rings. The number of nitrogens with zero attached hydrogens (tertiary/aromatic N) is 2. The molecule has 2 aliphatic rings. The van der Waals surface area contributed by atoms with Crippen LogP contribution in [0.5, 0.6) is 5.75 Å². The molecule has 0 saturated carbocycles. The van der Waals surface area contributed by atoms with Crippen LogP contribution in [0.1, 0.15) is 11.1 Å². The molecule has 0 bridgehead atoms. The Morgan fingerprint density at radius 2 is 2.18 bits per heavy atom. The first-order chi connectivity index (χ1) is 8.21. The molecule has 5 nitrogen and oxygen atoms in total. The number of nitriles is 1. The molecule has 1 aromatic rings. The van der Waals surface area contributed by atoms with Crippen molar-refractivity contribution in [3.63, 3.8) is 0 Å². The summed E-state index contributed by atoms with van der Waals surface area (Å²) in [6.45, 7) is 0.904. The fourth-order valence-corrected chi connectivity index (χ4v) is 2.22. The number of rotatable bonds is 0. The van der Waals surface area contributed by atoms with Gasteiger partial charge < -0.3 is 15.2 Å². The largest absolute Gasteiger partial charge is 0.491 e. The summed E-state index contributed by atoms with van der Waals surface area (Å²) in [6, 6.07) is 7.74. The van der Waals surface area contributed by atoms with Crippen molar-refractivity contribution in [1.29, 1.82) is 5.26 Å². The Hall–Kier alpha value is -2.22. The molecular weight excluding hydrogens is 218 g/mol. The van der Waals surface area contributed by atoms with E-state index >= 15 is 0 Å². The number of amidine groups is 1. The van der Waals surface area contributed by atoms with Gasteiger partial charge in [0.2, 0.25) is 0 Å². The van der Waals surface area contributed by atoms with Crippen molar-refractivity contribution < 1.29 is 9.47 Å². The lowest BCUT2D eigenvalue weighted by molar-refractivity contribution is 0.153. The highest BCUT2D eigenvalue weighted by atomic mass is 16.5. The van der Waals surface area contributed by atoms with Gasteiger partial charge in [-0.15, -0.1) is 0 Å². The molecular formula is C12H11N3O2. The van der Waals surface area contributed by atoms with Gasteiger partial charge in [-0.25, -0.2) is 4.99 Å². The Balaban J connectivity index is 1.97. The van der Waals surface area contributed by atoms with Gasteiger partial charge in [0.1, 0.15) is 24.5 Å². The second-order valence-electron chi connectivity index (χ2n) is 4.36. The van der Waals surface area contributed by atoms with E-state index in [1.165, 1.54) is 0 Å².